The number of halogens is 1. The van der Waals surface area contributed by atoms with Crippen LogP contribution in [-0.2, 0) is 26.2 Å². The molecule has 11 heteroatoms. The predicted molar refractivity (Wildman–Crippen MR) is 174 cm³/mol. The molecule has 0 aliphatic heterocycles. The van der Waals surface area contributed by atoms with Crippen LogP contribution in [0.2, 0.25) is 0 Å². The van der Waals surface area contributed by atoms with Crippen LogP contribution in [0.5, 0.6) is 11.5 Å². The van der Waals surface area contributed by atoms with Crippen LogP contribution in [0.3, 0.4) is 0 Å². The van der Waals surface area contributed by atoms with Gasteiger partial charge < -0.3 is 19.7 Å². The van der Waals surface area contributed by atoms with Gasteiger partial charge in [0.25, 0.3) is 10.0 Å². The Morgan fingerprint density at radius 3 is 2.20 bits per heavy atom. The molecule has 1 aliphatic rings. The average Bonchev–Trinajstić information content (AvgIpc) is 3.03. The van der Waals surface area contributed by atoms with E-state index in [0.717, 1.165) is 47.5 Å². The lowest BCUT2D eigenvalue weighted by atomic mass is 9.95. The SMILES string of the molecule is COc1ccc(CN(C(=O)CN(c2ccc(C)cc2)S(=O)(=O)c2ccc(OC)c(Br)c2)C(C)C(=O)NC2CCCCC2)cc1. The highest BCUT2D eigenvalue weighted by molar-refractivity contribution is 9.10. The Bertz CT molecular complexity index is 1540. The molecule has 3 aromatic carbocycles. The average molecular weight is 687 g/mol. The highest BCUT2D eigenvalue weighted by Gasteiger charge is 2.33. The van der Waals surface area contributed by atoms with E-state index >= 15 is 0 Å². The Balaban J connectivity index is 1.69. The van der Waals surface area contributed by atoms with Crippen molar-refractivity contribution in [2.24, 2.45) is 0 Å². The molecule has 0 aromatic heterocycles. The van der Waals surface area contributed by atoms with Gasteiger partial charge in [-0.2, -0.15) is 0 Å². The van der Waals surface area contributed by atoms with E-state index < -0.39 is 28.5 Å². The number of ether oxygens (including phenoxy) is 2. The molecule has 0 bridgehead atoms. The van der Waals surface area contributed by atoms with Crippen molar-refractivity contribution in [2.45, 2.75) is 69.5 Å². The standard InChI is InChI=1S/C33H40BrN3O6S/c1-23-10-14-27(15-11-23)37(44(40,41)29-18-19-31(43-4)30(34)20-29)22-32(38)36(21-25-12-16-28(42-3)17-13-25)24(2)33(39)35-26-8-6-5-7-9-26/h10-20,24,26H,5-9,21-22H2,1-4H3,(H,35,39). The second-order valence-electron chi connectivity index (χ2n) is 11.0. The van der Waals surface area contributed by atoms with Gasteiger partial charge in [0.05, 0.1) is 29.3 Å². The van der Waals surface area contributed by atoms with Crippen LogP contribution in [0.4, 0.5) is 5.69 Å². The summed E-state index contributed by atoms with van der Waals surface area (Å²) in [5.74, 6) is 0.369. The molecule has 1 N–H and O–H groups in total. The first kappa shape index (κ1) is 33.3. The monoisotopic (exact) mass is 685 g/mol. The van der Waals surface area contributed by atoms with E-state index in [1.165, 1.54) is 24.1 Å². The summed E-state index contributed by atoms with van der Waals surface area (Å²) in [7, 11) is -1.14. The normalized spacial score (nSPS) is 14.4. The van der Waals surface area contributed by atoms with E-state index in [-0.39, 0.29) is 23.4 Å². The van der Waals surface area contributed by atoms with Gasteiger partial charge in [0.2, 0.25) is 11.8 Å². The highest BCUT2D eigenvalue weighted by atomic mass is 79.9. The van der Waals surface area contributed by atoms with Gasteiger partial charge in [-0.05, 0) is 90.6 Å². The van der Waals surface area contributed by atoms with Gasteiger partial charge in [-0.1, -0.05) is 49.1 Å². The van der Waals surface area contributed by atoms with Gasteiger partial charge in [-0.3, -0.25) is 13.9 Å². The van der Waals surface area contributed by atoms with Crippen LogP contribution in [0.1, 0.15) is 50.2 Å². The number of carbonyl (C=O) groups is 2. The zero-order valence-corrected chi connectivity index (χ0v) is 28.0. The van der Waals surface area contributed by atoms with Gasteiger partial charge in [0.15, 0.2) is 0 Å². The maximum Gasteiger partial charge on any atom is 0.264 e. The Labute approximate surface area is 268 Å². The molecule has 1 unspecified atom stereocenters. The minimum Gasteiger partial charge on any atom is -0.497 e. The Kier molecular flexibility index (Phi) is 11.3. The summed E-state index contributed by atoms with van der Waals surface area (Å²) in [4.78, 5) is 29.1. The molecule has 3 aromatic rings. The van der Waals surface area contributed by atoms with Gasteiger partial charge in [-0.25, -0.2) is 8.42 Å². The molecule has 4 rings (SSSR count). The molecule has 0 saturated heterocycles. The molecule has 1 fully saturated rings. The fraction of sp³-hybridized carbons (Fsp3) is 0.394. The third-order valence-electron chi connectivity index (χ3n) is 7.94. The highest BCUT2D eigenvalue weighted by Crippen LogP contribution is 2.31. The number of hydrogen-bond acceptors (Lipinski definition) is 6. The molecule has 0 heterocycles. The molecule has 44 heavy (non-hydrogen) atoms. The molecule has 236 valence electrons. The van der Waals surface area contributed by atoms with Crippen molar-refractivity contribution >= 4 is 43.5 Å². The predicted octanol–water partition coefficient (Wildman–Crippen LogP) is 5.84. The number of amides is 2. The molecule has 1 saturated carbocycles. The number of anilines is 1. The minimum absolute atomic E-state index is 0.0108. The van der Waals surface area contributed by atoms with E-state index in [1.54, 1.807) is 56.5 Å². The second kappa shape index (κ2) is 14.9. The lowest BCUT2D eigenvalue weighted by molar-refractivity contribution is -0.139. The van der Waals surface area contributed by atoms with Crippen molar-refractivity contribution in [1.29, 1.82) is 0 Å². The van der Waals surface area contributed by atoms with Crippen LogP contribution >= 0.6 is 15.9 Å². The first-order valence-electron chi connectivity index (χ1n) is 14.7. The fourth-order valence-corrected chi connectivity index (χ4v) is 7.39. The van der Waals surface area contributed by atoms with Crippen molar-refractivity contribution < 1.29 is 27.5 Å². The van der Waals surface area contributed by atoms with Crippen LogP contribution in [-0.4, -0.2) is 58.0 Å². The third kappa shape index (κ3) is 8.12. The summed E-state index contributed by atoms with van der Waals surface area (Å²) in [6, 6.07) is 17.8. The van der Waals surface area contributed by atoms with Crippen LogP contribution in [0.15, 0.2) is 76.1 Å². The first-order chi connectivity index (χ1) is 21.0. The van der Waals surface area contributed by atoms with Crippen molar-refractivity contribution in [1.82, 2.24) is 10.2 Å². The van der Waals surface area contributed by atoms with E-state index in [2.05, 4.69) is 21.2 Å². The number of methoxy groups -OCH3 is 2. The van der Waals surface area contributed by atoms with Crippen LogP contribution < -0.4 is 19.1 Å². The molecule has 2 amide bonds. The number of rotatable bonds is 12. The number of sulfonamides is 1. The molecular weight excluding hydrogens is 646 g/mol. The fourth-order valence-electron chi connectivity index (χ4n) is 5.25. The van der Waals surface area contributed by atoms with Crippen molar-refractivity contribution in [3.63, 3.8) is 0 Å². The molecule has 0 spiro atoms. The van der Waals surface area contributed by atoms with Crippen molar-refractivity contribution in [3.05, 3.63) is 82.3 Å². The Morgan fingerprint density at radius 1 is 0.955 bits per heavy atom. The van der Waals surface area contributed by atoms with Crippen molar-refractivity contribution in [2.75, 3.05) is 25.1 Å². The number of nitrogens with zero attached hydrogens (tertiary/aromatic N) is 2. The van der Waals surface area contributed by atoms with Gasteiger partial charge in [-0.15, -0.1) is 0 Å². The summed E-state index contributed by atoms with van der Waals surface area (Å²) in [5, 5.41) is 3.12. The van der Waals surface area contributed by atoms with E-state index in [9.17, 15) is 18.0 Å². The van der Waals surface area contributed by atoms with Gasteiger partial charge in [0, 0.05) is 12.6 Å². The summed E-state index contributed by atoms with van der Waals surface area (Å²) >= 11 is 3.38. The van der Waals surface area contributed by atoms with E-state index in [0.29, 0.717) is 21.7 Å². The number of hydrogen-bond donors (Lipinski definition) is 1. The second-order valence-corrected chi connectivity index (χ2v) is 13.7. The quantitative estimate of drug-likeness (QED) is 0.257. The van der Waals surface area contributed by atoms with Crippen LogP contribution in [0.25, 0.3) is 0 Å². The molecule has 1 aliphatic carbocycles. The van der Waals surface area contributed by atoms with Crippen LogP contribution in [0, 0.1) is 6.92 Å². The number of nitrogens with one attached hydrogen (secondary N) is 1. The largest absolute Gasteiger partial charge is 0.497 e. The molecule has 1 atom stereocenters. The molecule has 9 nitrogen and oxygen atoms in total. The smallest absolute Gasteiger partial charge is 0.264 e. The lowest BCUT2D eigenvalue weighted by Crippen LogP contribution is -2.53. The maximum absolute atomic E-state index is 14.2. The molecule has 0 radical (unpaired) electrons. The summed E-state index contributed by atoms with van der Waals surface area (Å²) in [6.07, 6.45) is 5.07. The number of benzene rings is 3. The molecular formula is C33H40BrN3O6S. The topological polar surface area (TPSA) is 105 Å². The zero-order chi connectivity index (χ0) is 31.9. The Hall–Kier alpha value is -3.57. The van der Waals surface area contributed by atoms with E-state index in [4.69, 9.17) is 9.47 Å². The van der Waals surface area contributed by atoms with Crippen molar-refractivity contribution in [3.8, 4) is 11.5 Å². The number of carbonyl (C=O) groups excluding carboxylic acids is 2. The van der Waals surface area contributed by atoms with E-state index in [1.807, 2.05) is 19.1 Å². The minimum atomic E-state index is -4.21. The lowest BCUT2D eigenvalue weighted by Gasteiger charge is -2.33. The third-order valence-corrected chi connectivity index (χ3v) is 10.3. The Morgan fingerprint density at radius 2 is 1.61 bits per heavy atom. The first-order valence-corrected chi connectivity index (χ1v) is 16.9. The van der Waals surface area contributed by atoms with Gasteiger partial charge in [0.1, 0.15) is 24.1 Å². The summed E-state index contributed by atoms with van der Waals surface area (Å²) in [5.41, 5.74) is 2.05. The number of aryl methyl sites for hydroxylation is 1. The summed E-state index contributed by atoms with van der Waals surface area (Å²) in [6.45, 7) is 3.19. The maximum atomic E-state index is 14.2. The van der Waals surface area contributed by atoms with Gasteiger partial charge >= 0.3 is 0 Å². The zero-order valence-electron chi connectivity index (χ0n) is 25.6. The summed E-state index contributed by atoms with van der Waals surface area (Å²) < 4.78 is 40.4.